The third kappa shape index (κ3) is 9.05. The van der Waals surface area contributed by atoms with Crippen molar-refractivity contribution in [2.45, 2.75) is 153 Å². The number of amides is 4. The highest BCUT2D eigenvalue weighted by atomic mass is 32.2. The lowest BCUT2D eigenvalue weighted by molar-refractivity contribution is -0.142. The monoisotopic (exact) mass is 705 g/mol. The number of sulfone groups is 1. The van der Waals surface area contributed by atoms with E-state index >= 15 is 0 Å². The van der Waals surface area contributed by atoms with Crippen LogP contribution in [0.2, 0.25) is 0 Å². The first-order valence-electron chi connectivity index (χ1n) is 18.4. The molecule has 1 aliphatic heterocycles. The molecule has 0 aromatic rings. The van der Waals surface area contributed by atoms with E-state index in [-0.39, 0.29) is 23.6 Å². The van der Waals surface area contributed by atoms with Gasteiger partial charge in [0.15, 0.2) is 9.84 Å². The van der Waals surface area contributed by atoms with Gasteiger partial charge in [-0.25, -0.2) is 13.2 Å². The molecular formula is C36H59N5O7S. The first-order valence-corrected chi connectivity index (χ1v) is 20.0. The van der Waals surface area contributed by atoms with Crippen molar-refractivity contribution in [2.75, 3.05) is 12.3 Å². The number of Topliss-reactive ketones (excluding diaryl/α,β-unsaturated/α-hetero) is 1. The van der Waals surface area contributed by atoms with E-state index in [1.165, 1.54) is 0 Å². The van der Waals surface area contributed by atoms with Crippen LogP contribution in [0.4, 0.5) is 4.79 Å². The van der Waals surface area contributed by atoms with Gasteiger partial charge in [0.1, 0.15) is 6.23 Å². The van der Waals surface area contributed by atoms with Gasteiger partial charge in [0.25, 0.3) is 5.91 Å². The van der Waals surface area contributed by atoms with Gasteiger partial charge in [-0.1, -0.05) is 65.0 Å². The van der Waals surface area contributed by atoms with Gasteiger partial charge in [-0.05, 0) is 76.5 Å². The van der Waals surface area contributed by atoms with Gasteiger partial charge in [0.05, 0.1) is 34.2 Å². The van der Waals surface area contributed by atoms with Crippen LogP contribution >= 0.6 is 0 Å². The average Bonchev–Trinajstić information content (AvgIpc) is 3.92. The molecule has 5 rings (SSSR count). The Morgan fingerprint density at radius 3 is 2.12 bits per heavy atom. The van der Waals surface area contributed by atoms with E-state index in [1.807, 2.05) is 32.9 Å². The molecule has 0 spiro atoms. The van der Waals surface area contributed by atoms with Crippen LogP contribution in [0.15, 0.2) is 12.2 Å². The molecule has 5 aliphatic rings. The predicted octanol–water partition coefficient (Wildman–Crippen LogP) is 2.94. The number of likely N-dealkylation sites (tertiary alicyclic amines) is 1. The molecule has 4 aliphatic carbocycles. The van der Waals surface area contributed by atoms with Crippen molar-refractivity contribution >= 4 is 33.5 Å². The van der Waals surface area contributed by atoms with E-state index in [0.29, 0.717) is 31.7 Å². The van der Waals surface area contributed by atoms with Crippen molar-refractivity contribution in [3.05, 3.63) is 12.2 Å². The Kier molecular flexibility index (Phi) is 11.0. The van der Waals surface area contributed by atoms with E-state index in [1.54, 1.807) is 25.7 Å². The summed E-state index contributed by atoms with van der Waals surface area (Å²) in [6.07, 6.45) is 11.3. The first kappa shape index (κ1) is 37.7. The SMILES string of the molecule is CC(C)(C)C(NC(=O)NC1(CS(=O)(=O)C(C)(C)C)CCCCC1)C(O)N1CC2C=CC2C1C(=O)NC(CCC1CC1)C(=O)C(=O)NC1CC1. The van der Waals surface area contributed by atoms with Crippen LogP contribution in [0, 0.1) is 23.2 Å². The molecule has 3 saturated carbocycles. The quantitative estimate of drug-likeness (QED) is 0.136. The summed E-state index contributed by atoms with van der Waals surface area (Å²) in [6, 6.07) is -3.13. The molecular weight excluding hydrogens is 646 g/mol. The molecule has 13 heteroatoms. The van der Waals surface area contributed by atoms with E-state index < -0.39 is 73.5 Å². The fraction of sp³-hybridized carbons (Fsp3) is 0.833. The minimum Gasteiger partial charge on any atom is -0.376 e. The number of carbonyl (C=O) groups is 4. The number of hydrogen-bond donors (Lipinski definition) is 5. The number of fused-ring (bicyclic) bond motifs is 1. The van der Waals surface area contributed by atoms with E-state index in [0.717, 1.165) is 51.4 Å². The predicted molar refractivity (Wildman–Crippen MR) is 187 cm³/mol. The Labute approximate surface area is 292 Å². The van der Waals surface area contributed by atoms with Crippen LogP contribution in [0.5, 0.6) is 0 Å². The molecule has 5 N–H and O–H groups in total. The van der Waals surface area contributed by atoms with Gasteiger partial charge in [-0.3, -0.25) is 19.3 Å². The zero-order valence-electron chi connectivity index (χ0n) is 30.2. The molecule has 12 nitrogen and oxygen atoms in total. The number of urea groups is 1. The number of nitrogens with one attached hydrogen (secondary N) is 4. The molecule has 276 valence electrons. The molecule has 0 radical (unpaired) electrons. The lowest BCUT2D eigenvalue weighted by atomic mass is 9.80. The lowest BCUT2D eigenvalue weighted by Crippen LogP contribution is -2.65. The zero-order valence-corrected chi connectivity index (χ0v) is 31.0. The third-order valence-electron chi connectivity index (χ3n) is 11.3. The summed E-state index contributed by atoms with van der Waals surface area (Å²) in [5, 5.41) is 23.7. The Bertz CT molecular complexity index is 1400. The minimum atomic E-state index is -3.54. The molecule has 0 aromatic heterocycles. The van der Waals surface area contributed by atoms with Crippen LogP contribution in [0.3, 0.4) is 0 Å². The molecule has 0 bridgehead atoms. The summed E-state index contributed by atoms with van der Waals surface area (Å²) in [7, 11) is -3.54. The molecule has 6 atom stereocenters. The van der Waals surface area contributed by atoms with Crippen molar-refractivity contribution in [2.24, 2.45) is 23.2 Å². The summed E-state index contributed by atoms with van der Waals surface area (Å²) >= 11 is 0. The number of ketones is 1. The molecule has 0 aromatic carbocycles. The second kappa shape index (κ2) is 14.3. The van der Waals surface area contributed by atoms with Gasteiger partial charge in [-0.15, -0.1) is 0 Å². The average molecular weight is 706 g/mol. The van der Waals surface area contributed by atoms with Crippen LogP contribution in [0.1, 0.15) is 112 Å². The molecule has 6 unspecified atom stereocenters. The van der Waals surface area contributed by atoms with E-state index in [9.17, 15) is 32.7 Å². The Morgan fingerprint density at radius 1 is 0.939 bits per heavy atom. The Hall–Kier alpha value is -2.51. The number of rotatable bonds is 14. The normalized spacial score (nSPS) is 27.2. The lowest BCUT2D eigenvalue weighted by Gasteiger charge is -2.43. The molecule has 4 fully saturated rings. The van der Waals surface area contributed by atoms with E-state index in [2.05, 4.69) is 21.3 Å². The molecule has 4 amide bonds. The molecule has 1 heterocycles. The van der Waals surface area contributed by atoms with Crippen molar-refractivity contribution in [3.8, 4) is 0 Å². The number of aliphatic hydroxyl groups excluding tert-OH is 1. The Morgan fingerprint density at radius 2 is 1.59 bits per heavy atom. The molecule has 49 heavy (non-hydrogen) atoms. The number of nitrogens with zero attached hydrogens (tertiary/aromatic N) is 1. The topological polar surface area (TPSA) is 174 Å². The highest BCUT2D eigenvalue weighted by molar-refractivity contribution is 7.92. The van der Waals surface area contributed by atoms with Crippen molar-refractivity contribution in [3.63, 3.8) is 0 Å². The maximum Gasteiger partial charge on any atom is 0.315 e. The summed E-state index contributed by atoms with van der Waals surface area (Å²) in [5.41, 5.74) is -1.58. The fourth-order valence-electron chi connectivity index (χ4n) is 7.53. The van der Waals surface area contributed by atoms with Crippen LogP contribution < -0.4 is 21.3 Å². The van der Waals surface area contributed by atoms with Crippen molar-refractivity contribution in [1.29, 1.82) is 0 Å². The minimum absolute atomic E-state index is 0.0201. The largest absolute Gasteiger partial charge is 0.376 e. The van der Waals surface area contributed by atoms with Crippen LogP contribution in [-0.4, -0.2) is 95.0 Å². The van der Waals surface area contributed by atoms with Gasteiger partial charge >= 0.3 is 6.03 Å². The van der Waals surface area contributed by atoms with Gasteiger partial charge in [0.2, 0.25) is 11.7 Å². The van der Waals surface area contributed by atoms with E-state index in [4.69, 9.17) is 0 Å². The van der Waals surface area contributed by atoms with Gasteiger partial charge in [-0.2, -0.15) is 0 Å². The molecule has 1 saturated heterocycles. The summed E-state index contributed by atoms with van der Waals surface area (Å²) < 4.78 is 25.7. The highest BCUT2D eigenvalue weighted by Crippen LogP contribution is 2.42. The van der Waals surface area contributed by atoms with Crippen molar-refractivity contribution < 1.29 is 32.7 Å². The second-order valence-corrected chi connectivity index (χ2v) is 20.3. The summed E-state index contributed by atoms with van der Waals surface area (Å²) in [4.78, 5) is 55.5. The van der Waals surface area contributed by atoms with Crippen molar-refractivity contribution in [1.82, 2.24) is 26.2 Å². The van der Waals surface area contributed by atoms with Gasteiger partial charge in [0, 0.05) is 18.5 Å². The number of hydrogen-bond acceptors (Lipinski definition) is 8. The fourth-order valence-corrected chi connectivity index (χ4v) is 9.06. The maximum atomic E-state index is 14.1. The number of aliphatic hydroxyl groups is 1. The second-order valence-electron chi connectivity index (χ2n) is 17.5. The smallest absolute Gasteiger partial charge is 0.315 e. The highest BCUT2D eigenvalue weighted by Gasteiger charge is 2.52. The summed E-state index contributed by atoms with van der Waals surface area (Å²) in [5.74, 6) is -1.54. The zero-order chi connectivity index (χ0) is 35.9. The van der Waals surface area contributed by atoms with Gasteiger partial charge < -0.3 is 26.4 Å². The summed E-state index contributed by atoms with van der Waals surface area (Å²) in [6.45, 7) is 11.1. The van der Waals surface area contributed by atoms with Crippen LogP contribution in [0.25, 0.3) is 0 Å². The Balaban J connectivity index is 1.31. The number of carbonyl (C=O) groups excluding carboxylic acids is 4. The van der Waals surface area contributed by atoms with Crippen LogP contribution in [-0.2, 0) is 24.2 Å². The standard InChI is InChI=1S/C36H59N5O7S/c1-34(2,3)29(39-33(46)40-36(18-8-7-9-19-36)21-49(47,48)35(4,5)6)32(45)41-20-23-13-16-25(23)27(41)30(43)38-26(17-12-22-10-11-22)28(42)31(44)37-24-14-15-24/h13,16,22-27,29,32,45H,7-12,14-15,17-21H2,1-6H3,(H,37,44)(H,38,43)(H2,39,40,46). The third-order valence-corrected chi connectivity index (χ3v) is 14.1. The maximum absolute atomic E-state index is 14.1. The first-order chi connectivity index (χ1) is 22.8.